The minimum absolute atomic E-state index is 0.106. The van der Waals surface area contributed by atoms with Gasteiger partial charge in [-0.2, -0.15) is 0 Å². The van der Waals surface area contributed by atoms with Crippen molar-refractivity contribution < 1.29 is 14.7 Å². The zero-order valence-corrected chi connectivity index (χ0v) is 23.6. The van der Waals surface area contributed by atoms with Gasteiger partial charge in [0, 0.05) is 35.7 Å². The molecule has 5 rings (SSSR count). The number of β-amino-alcohol motifs (C(OH)–C–C–N with tert-alkyl or cyclic N) is 1. The Hall–Kier alpha value is -3.23. The van der Waals surface area contributed by atoms with Gasteiger partial charge in [0.1, 0.15) is 12.1 Å². The second-order valence-corrected chi connectivity index (χ2v) is 12.3. The highest BCUT2D eigenvalue weighted by molar-refractivity contribution is 6.33. The van der Waals surface area contributed by atoms with Crippen molar-refractivity contribution in [2.75, 3.05) is 6.54 Å². The number of carbonyl (C=O) groups excluding carboxylic acids is 2. The van der Waals surface area contributed by atoms with E-state index in [0.717, 1.165) is 35.2 Å². The maximum absolute atomic E-state index is 13.9. The molecule has 2 N–H and O–H groups in total. The maximum Gasteiger partial charge on any atom is 0.248 e. The Morgan fingerprint density at radius 1 is 1.10 bits per heavy atom. The summed E-state index contributed by atoms with van der Waals surface area (Å²) >= 11 is 6.34. The molecule has 1 aromatic heterocycles. The Labute approximate surface area is 234 Å². The number of hydrogen-bond acceptors (Lipinski definition) is 5. The average molecular weight is 550 g/mol. The first-order valence-electron chi connectivity index (χ1n) is 13.6. The normalized spacial score (nSPS) is 21.0. The zero-order valence-electron chi connectivity index (χ0n) is 22.8. The second-order valence-electron chi connectivity index (χ2n) is 11.9. The summed E-state index contributed by atoms with van der Waals surface area (Å²) < 4.78 is 1.64. The fourth-order valence-electron chi connectivity index (χ4n) is 5.37. The molecule has 2 fully saturated rings. The van der Waals surface area contributed by atoms with Gasteiger partial charge in [-0.3, -0.25) is 9.59 Å². The van der Waals surface area contributed by atoms with Crippen molar-refractivity contribution >= 4 is 23.4 Å². The highest BCUT2D eigenvalue weighted by Gasteiger charge is 2.45. The van der Waals surface area contributed by atoms with E-state index in [9.17, 15) is 14.7 Å². The number of hydrogen-bond donors (Lipinski definition) is 2. The predicted molar refractivity (Wildman–Crippen MR) is 150 cm³/mol. The van der Waals surface area contributed by atoms with Crippen LogP contribution < -0.4 is 5.32 Å². The molecule has 1 aliphatic carbocycles. The summed E-state index contributed by atoms with van der Waals surface area (Å²) in [6.07, 6.45) is 3.47. The fraction of sp³-hybridized carbons (Fsp3) is 0.467. The van der Waals surface area contributed by atoms with Crippen LogP contribution in [-0.4, -0.2) is 55.5 Å². The fourth-order valence-corrected chi connectivity index (χ4v) is 5.61. The lowest BCUT2D eigenvalue weighted by Crippen LogP contribution is -2.50. The topological polar surface area (TPSA) is 100 Å². The van der Waals surface area contributed by atoms with Gasteiger partial charge in [0.2, 0.25) is 11.8 Å². The smallest absolute Gasteiger partial charge is 0.248 e. The Morgan fingerprint density at radius 2 is 1.79 bits per heavy atom. The van der Waals surface area contributed by atoms with Crippen LogP contribution in [-0.2, 0) is 9.59 Å². The molecule has 2 aliphatic rings. The largest absolute Gasteiger partial charge is 0.391 e. The average Bonchev–Trinajstić information content (AvgIpc) is 3.50. The van der Waals surface area contributed by atoms with Gasteiger partial charge >= 0.3 is 0 Å². The highest BCUT2D eigenvalue weighted by Crippen LogP contribution is 2.40. The molecule has 1 unspecified atom stereocenters. The van der Waals surface area contributed by atoms with Crippen LogP contribution in [0, 0.1) is 5.41 Å². The van der Waals surface area contributed by atoms with Crippen LogP contribution in [0.25, 0.3) is 11.1 Å². The van der Waals surface area contributed by atoms with Gasteiger partial charge in [-0.05, 0) is 42.4 Å². The molecule has 1 saturated heterocycles. The van der Waals surface area contributed by atoms with Gasteiger partial charge in [-0.1, -0.05) is 80.1 Å². The number of aliphatic hydroxyl groups is 1. The molecule has 39 heavy (non-hydrogen) atoms. The van der Waals surface area contributed by atoms with E-state index in [0.29, 0.717) is 10.9 Å². The van der Waals surface area contributed by atoms with Crippen molar-refractivity contribution in [2.45, 2.75) is 77.1 Å². The van der Waals surface area contributed by atoms with Crippen LogP contribution in [0.1, 0.15) is 76.2 Å². The number of rotatable bonds is 7. The van der Waals surface area contributed by atoms with Crippen LogP contribution in [0.2, 0.25) is 5.02 Å². The molecule has 206 valence electrons. The molecular formula is C30H36ClN5O3. The number of halogens is 1. The van der Waals surface area contributed by atoms with E-state index >= 15 is 0 Å². The van der Waals surface area contributed by atoms with Crippen LogP contribution in [0.15, 0.2) is 54.7 Å². The Balaban J connectivity index is 1.31. The van der Waals surface area contributed by atoms with E-state index < -0.39 is 23.6 Å². The molecule has 2 heterocycles. The first-order valence-corrected chi connectivity index (χ1v) is 14.0. The van der Waals surface area contributed by atoms with Crippen LogP contribution in [0.4, 0.5) is 0 Å². The summed E-state index contributed by atoms with van der Waals surface area (Å²) in [5, 5.41) is 22.8. The number of nitrogens with one attached hydrogen (secondary N) is 1. The molecule has 9 heteroatoms. The van der Waals surface area contributed by atoms with Gasteiger partial charge in [-0.25, -0.2) is 4.68 Å². The van der Waals surface area contributed by atoms with Crippen molar-refractivity contribution in [1.82, 2.24) is 25.2 Å². The summed E-state index contributed by atoms with van der Waals surface area (Å²) in [6.45, 7) is 7.94. The summed E-state index contributed by atoms with van der Waals surface area (Å²) in [7, 11) is 0. The molecule has 0 spiro atoms. The summed E-state index contributed by atoms with van der Waals surface area (Å²) in [4.78, 5) is 28.9. The minimum Gasteiger partial charge on any atom is -0.391 e. The van der Waals surface area contributed by atoms with E-state index in [1.54, 1.807) is 4.68 Å². The van der Waals surface area contributed by atoms with Crippen LogP contribution >= 0.6 is 11.6 Å². The minimum atomic E-state index is -0.770. The maximum atomic E-state index is 13.9. The van der Waals surface area contributed by atoms with Gasteiger partial charge in [0.15, 0.2) is 0 Å². The third-order valence-electron chi connectivity index (χ3n) is 7.66. The molecule has 0 radical (unpaired) electrons. The number of amides is 2. The van der Waals surface area contributed by atoms with Crippen molar-refractivity contribution in [3.8, 4) is 11.1 Å². The lowest BCUT2D eigenvalue weighted by Gasteiger charge is -2.34. The molecule has 2 aromatic carbocycles. The number of aliphatic hydroxyl groups excluding tert-OH is 1. The molecular weight excluding hydrogens is 514 g/mol. The first kappa shape index (κ1) is 27.3. The molecule has 3 aromatic rings. The third kappa shape index (κ3) is 5.87. The van der Waals surface area contributed by atoms with Crippen molar-refractivity contribution in [2.24, 2.45) is 5.41 Å². The lowest BCUT2D eigenvalue weighted by atomic mass is 9.85. The van der Waals surface area contributed by atoms with Gasteiger partial charge in [-0.15, -0.1) is 5.10 Å². The zero-order chi connectivity index (χ0) is 27.9. The molecule has 8 nitrogen and oxygen atoms in total. The van der Waals surface area contributed by atoms with Crippen LogP contribution in [0.5, 0.6) is 0 Å². The summed E-state index contributed by atoms with van der Waals surface area (Å²) in [5.41, 5.74) is 3.29. The van der Waals surface area contributed by atoms with Crippen molar-refractivity contribution in [3.63, 3.8) is 0 Å². The quantitative estimate of drug-likeness (QED) is 0.436. The monoisotopic (exact) mass is 549 g/mol. The Kier molecular flexibility index (Phi) is 7.53. The van der Waals surface area contributed by atoms with Gasteiger partial charge < -0.3 is 15.3 Å². The Morgan fingerprint density at radius 3 is 2.44 bits per heavy atom. The number of nitrogens with zero attached hydrogens (tertiary/aromatic N) is 4. The van der Waals surface area contributed by atoms with Gasteiger partial charge in [0.25, 0.3) is 0 Å². The van der Waals surface area contributed by atoms with Crippen LogP contribution in [0.3, 0.4) is 0 Å². The van der Waals surface area contributed by atoms with Gasteiger partial charge in [0.05, 0.1) is 17.8 Å². The van der Waals surface area contributed by atoms with E-state index in [1.165, 1.54) is 4.90 Å². The molecule has 4 atom stereocenters. The number of carbonyl (C=O) groups is 2. The highest BCUT2D eigenvalue weighted by atomic mass is 35.5. The molecule has 1 aliphatic heterocycles. The second kappa shape index (κ2) is 10.7. The van der Waals surface area contributed by atoms with E-state index in [4.69, 9.17) is 11.6 Å². The first-order chi connectivity index (χ1) is 18.5. The summed E-state index contributed by atoms with van der Waals surface area (Å²) in [5.74, 6) is -0.0995. The number of likely N-dealkylation sites (tertiary alicyclic amines) is 1. The SMILES string of the molecule is C[C@H](NC(=O)[C@@H]1C[C@@H](O)CN1C(=O)C(n1cc(C2CC2)nn1)C(C)(C)C)c1ccc(-c2ccccc2Cl)cc1. The standard InChI is InChI=1S/C30H36ClN5O3/c1-18(19-9-11-20(12-10-19)23-7-5-6-8-24(23)31)32-28(38)26-15-22(37)16-35(26)29(39)27(30(2,3)4)36-17-25(33-34-36)21-13-14-21/h5-12,17-18,21-22,26-27,37H,13-16H2,1-4H3,(H,32,38)/t18-,22+,26-,27?/m0/s1. The molecule has 0 bridgehead atoms. The van der Waals surface area contributed by atoms with Crippen molar-refractivity contribution in [3.05, 3.63) is 71.0 Å². The van der Waals surface area contributed by atoms with E-state index in [2.05, 4.69) is 15.6 Å². The number of benzene rings is 2. The third-order valence-corrected chi connectivity index (χ3v) is 7.99. The molecule has 1 saturated carbocycles. The van der Waals surface area contributed by atoms with E-state index in [1.807, 2.05) is 82.4 Å². The van der Waals surface area contributed by atoms with Crippen molar-refractivity contribution in [1.29, 1.82) is 0 Å². The summed E-state index contributed by atoms with van der Waals surface area (Å²) in [6, 6.07) is 13.9. The van der Waals surface area contributed by atoms with E-state index in [-0.39, 0.29) is 30.8 Å². The Bertz CT molecular complexity index is 1350. The molecule has 2 amide bonds. The lowest BCUT2D eigenvalue weighted by molar-refractivity contribution is -0.144. The predicted octanol–water partition coefficient (Wildman–Crippen LogP) is 4.90. The number of aromatic nitrogens is 3.